The first kappa shape index (κ1) is 27.7. The number of fused-ring (bicyclic) bond motifs is 1. The molecule has 6 heteroatoms. The largest absolute Gasteiger partial charge is 0.378 e. The molecule has 2 amide bonds. The fourth-order valence-electron chi connectivity index (χ4n) is 4.59. The normalized spacial score (nSPS) is 11.3. The summed E-state index contributed by atoms with van der Waals surface area (Å²) in [4.78, 5) is 35.7. The first-order valence-corrected chi connectivity index (χ1v) is 13.4. The Bertz CT molecular complexity index is 1400. The van der Waals surface area contributed by atoms with Gasteiger partial charge in [-0.05, 0) is 61.2 Å². The molecule has 0 spiro atoms. The van der Waals surface area contributed by atoms with Crippen LogP contribution in [-0.2, 0) is 22.6 Å². The van der Waals surface area contributed by atoms with E-state index in [1.54, 1.807) is 17.1 Å². The molecule has 0 aliphatic carbocycles. The maximum absolute atomic E-state index is 13.7. The van der Waals surface area contributed by atoms with Gasteiger partial charge in [0, 0.05) is 62.1 Å². The zero-order chi connectivity index (χ0) is 27.8. The zero-order valence-electron chi connectivity index (χ0n) is 23.3. The van der Waals surface area contributed by atoms with Gasteiger partial charge < -0.3 is 19.7 Å². The number of H-pyrrole nitrogens is 1. The van der Waals surface area contributed by atoms with Crippen molar-refractivity contribution in [1.82, 2.24) is 14.8 Å². The summed E-state index contributed by atoms with van der Waals surface area (Å²) in [5.41, 5.74) is 5.37. The maximum Gasteiger partial charge on any atom is 0.247 e. The predicted molar refractivity (Wildman–Crippen MR) is 161 cm³/mol. The van der Waals surface area contributed by atoms with E-state index in [0.717, 1.165) is 28.8 Å². The van der Waals surface area contributed by atoms with Crippen molar-refractivity contribution >= 4 is 34.5 Å². The van der Waals surface area contributed by atoms with Crippen LogP contribution in [0.1, 0.15) is 30.5 Å². The highest BCUT2D eigenvalue weighted by Crippen LogP contribution is 2.20. The summed E-state index contributed by atoms with van der Waals surface area (Å²) >= 11 is 0. The van der Waals surface area contributed by atoms with Crippen LogP contribution in [-0.4, -0.2) is 59.8 Å². The third-order valence-corrected chi connectivity index (χ3v) is 6.93. The molecule has 39 heavy (non-hydrogen) atoms. The van der Waals surface area contributed by atoms with E-state index in [4.69, 9.17) is 0 Å². The average Bonchev–Trinajstić information content (AvgIpc) is 3.36. The second-order valence-corrected chi connectivity index (χ2v) is 10.3. The van der Waals surface area contributed by atoms with Gasteiger partial charge in [-0.15, -0.1) is 0 Å². The predicted octanol–water partition coefficient (Wildman–Crippen LogP) is 5.76. The third kappa shape index (κ3) is 7.38. The number of rotatable bonds is 11. The number of carbonyl (C=O) groups excluding carboxylic acids is 2. The van der Waals surface area contributed by atoms with Crippen molar-refractivity contribution in [3.05, 3.63) is 108 Å². The number of aromatic nitrogens is 1. The van der Waals surface area contributed by atoms with E-state index < -0.39 is 0 Å². The standard InChI is InChI=1S/C33H38N4O2/c1-25(2)37(32(38)19-16-26-10-6-5-7-11-26)24-33(39)36(23-27-14-17-29(18-15-27)35(3)4)21-20-28-22-34-31-13-9-8-12-30(28)31/h5-19,22,25,34H,20-21,23-24H2,1-4H3. The van der Waals surface area contributed by atoms with Gasteiger partial charge >= 0.3 is 0 Å². The minimum absolute atomic E-state index is 0.0271. The number of nitrogens with one attached hydrogen (secondary N) is 1. The van der Waals surface area contributed by atoms with E-state index in [1.165, 1.54) is 10.9 Å². The van der Waals surface area contributed by atoms with Crippen LogP contribution in [0.3, 0.4) is 0 Å². The SMILES string of the molecule is CC(C)N(CC(=O)N(CCc1c[nH]c2ccccc12)Cc1ccc(N(C)C)cc1)C(=O)C=Cc1ccccc1. The Morgan fingerprint density at radius 2 is 1.59 bits per heavy atom. The molecule has 6 nitrogen and oxygen atoms in total. The van der Waals surface area contributed by atoms with Crippen LogP contribution in [0.5, 0.6) is 0 Å². The Balaban J connectivity index is 1.52. The monoisotopic (exact) mass is 522 g/mol. The Hall–Kier alpha value is -4.32. The lowest BCUT2D eigenvalue weighted by Gasteiger charge is -2.29. The summed E-state index contributed by atoms with van der Waals surface area (Å²) in [6, 6.07) is 26.1. The van der Waals surface area contributed by atoms with E-state index in [0.29, 0.717) is 13.1 Å². The van der Waals surface area contributed by atoms with E-state index in [9.17, 15) is 9.59 Å². The summed E-state index contributed by atoms with van der Waals surface area (Å²) in [6.45, 7) is 4.94. The number of carbonyl (C=O) groups is 2. The molecule has 0 atom stereocenters. The second kappa shape index (κ2) is 13.0. The summed E-state index contributed by atoms with van der Waals surface area (Å²) in [7, 11) is 4.02. The van der Waals surface area contributed by atoms with Gasteiger partial charge in [-0.1, -0.05) is 60.7 Å². The van der Waals surface area contributed by atoms with E-state index in [-0.39, 0.29) is 24.4 Å². The molecule has 3 aromatic carbocycles. The van der Waals surface area contributed by atoms with Crippen molar-refractivity contribution in [2.45, 2.75) is 32.9 Å². The van der Waals surface area contributed by atoms with Crippen molar-refractivity contribution in [2.75, 3.05) is 32.1 Å². The van der Waals surface area contributed by atoms with Gasteiger partial charge in [0.1, 0.15) is 6.54 Å². The highest BCUT2D eigenvalue weighted by atomic mass is 16.2. The number of amides is 2. The molecule has 1 N–H and O–H groups in total. The molecule has 0 saturated carbocycles. The Kier molecular flexibility index (Phi) is 9.21. The van der Waals surface area contributed by atoms with Crippen LogP contribution in [0.15, 0.2) is 91.1 Å². The summed E-state index contributed by atoms with van der Waals surface area (Å²) in [5, 5.41) is 1.17. The van der Waals surface area contributed by atoms with Gasteiger partial charge in [0.15, 0.2) is 0 Å². The van der Waals surface area contributed by atoms with E-state index >= 15 is 0 Å². The van der Waals surface area contributed by atoms with Crippen LogP contribution in [0.4, 0.5) is 5.69 Å². The molecule has 4 aromatic rings. The number of para-hydroxylation sites is 1. The molecule has 4 rings (SSSR count). The highest BCUT2D eigenvalue weighted by Gasteiger charge is 2.23. The lowest BCUT2D eigenvalue weighted by atomic mass is 10.1. The highest BCUT2D eigenvalue weighted by molar-refractivity contribution is 5.94. The Morgan fingerprint density at radius 3 is 2.28 bits per heavy atom. The molecular weight excluding hydrogens is 484 g/mol. The first-order chi connectivity index (χ1) is 18.8. The molecule has 0 unspecified atom stereocenters. The van der Waals surface area contributed by atoms with Gasteiger partial charge in [-0.3, -0.25) is 9.59 Å². The van der Waals surface area contributed by atoms with Gasteiger partial charge in [0.05, 0.1) is 0 Å². The van der Waals surface area contributed by atoms with E-state index in [2.05, 4.69) is 46.3 Å². The molecule has 1 heterocycles. The number of anilines is 1. The lowest BCUT2D eigenvalue weighted by molar-refractivity contribution is -0.139. The molecule has 0 saturated heterocycles. The first-order valence-electron chi connectivity index (χ1n) is 13.4. The van der Waals surface area contributed by atoms with Crippen molar-refractivity contribution < 1.29 is 9.59 Å². The molecular formula is C33H38N4O2. The number of benzene rings is 3. The fraction of sp³-hybridized carbons (Fsp3) is 0.273. The third-order valence-electron chi connectivity index (χ3n) is 6.93. The number of hydrogen-bond acceptors (Lipinski definition) is 3. The quantitative estimate of drug-likeness (QED) is 0.255. The second-order valence-electron chi connectivity index (χ2n) is 10.3. The van der Waals surface area contributed by atoms with Crippen LogP contribution in [0, 0.1) is 0 Å². The molecule has 0 fully saturated rings. The topological polar surface area (TPSA) is 59.7 Å². The maximum atomic E-state index is 13.7. The van der Waals surface area contributed by atoms with Crippen LogP contribution >= 0.6 is 0 Å². The van der Waals surface area contributed by atoms with Gasteiger partial charge in [-0.2, -0.15) is 0 Å². The zero-order valence-corrected chi connectivity index (χ0v) is 23.3. The summed E-state index contributed by atoms with van der Waals surface area (Å²) in [5.74, 6) is -0.240. The smallest absolute Gasteiger partial charge is 0.247 e. The fourth-order valence-corrected chi connectivity index (χ4v) is 4.59. The minimum Gasteiger partial charge on any atom is -0.378 e. The van der Waals surface area contributed by atoms with Crippen molar-refractivity contribution in [1.29, 1.82) is 0 Å². The van der Waals surface area contributed by atoms with Gasteiger partial charge in [0.2, 0.25) is 11.8 Å². The van der Waals surface area contributed by atoms with Gasteiger partial charge in [-0.25, -0.2) is 0 Å². The van der Waals surface area contributed by atoms with Crippen molar-refractivity contribution in [2.24, 2.45) is 0 Å². The molecule has 0 aliphatic heterocycles. The van der Waals surface area contributed by atoms with Crippen molar-refractivity contribution in [3.63, 3.8) is 0 Å². The summed E-state index contributed by atoms with van der Waals surface area (Å²) < 4.78 is 0. The van der Waals surface area contributed by atoms with Crippen molar-refractivity contribution in [3.8, 4) is 0 Å². The van der Waals surface area contributed by atoms with Gasteiger partial charge in [0.25, 0.3) is 0 Å². The Morgan fingerprint density at radius 1 is 0.897 bits per heavy atom. The molecule has 0 radical (unpaired) electrons. The number of nitrogens with zero attached hydrogens (tertiary/aromatic N) is 3. The van der Waals surface area contributed by atoms with E-state index in [1.807, 2.05) is 81.5 Å². The minimum atomic E-state index is -0.172. The lowest BCUT2D eigenvalue weighted by Crippen LogP contribution is -2.45. The van der Waals surface area contributed by atoms with Crippen LogP contribution < -0.4 is 4.90 Å². The number of aromatic amines is 1. The van der Waals surface area contributed by atoms with Crippen LogP contribution in [0.25, 0.3) is 17.0 Å². The number of hydrogen-bond donors (Lipinski definition) is 1. The summed E-state index contributed by atoms with van der Waals surface area (Å²) in [6.07, 6.45) is 6.09. The molecule has 0 aliphatic rings. The molecule has 0 bridgehead atoms. The van der Waals surface area contributed by atoms with Crippen LogP contribution in [0.2, 0.25) is 0 Å². The Labute approximate surface area is 231 Å². The molecule has 1 aromatic heterocycles. The molecule has 202 valence electrons. The average molecular weight is 523 g/mol.